The van der Waals surface area contributed by atoms with Crippen LogP contribution in [-0.2, 0) is 18.9 Å². The molecular weight excluding hydrogens is 284 g/mol. The monoisotopic (exact) mass is 302 g/mol. The fraction of sp³-hybridized carbons (Fsp3) is 1.00. The van der Waals surface area contributed by atoms with Gasteiger partial charge in [0.25, 0.3) is 11.8 Å². The molecule has 2 unspecified atom stereocenters. The molecule has 118 valence electrons. The molecule has 4 nitrogen and oxygen atoms in total. The second-order valence-corrected chi connectivity index (χ2v) is 5.14. The first-order chi connectivity index (χ1) is 9.36. The molecule has 0 radical (unpaired) electrons. The summed E-state index contributed by atoms with van der Waals surface area (Å²) < 4.78 is 72.6. The van der Waals surface area contributed by atoms with Gasteiger partial charge >= 0.3 is 0 Å². The number of alkyl halides is 4. The molecule has 2 aliphatic heterocycles. The Kier molecular flexibility index (Phi) is 5.22. The molecule has 0 N–H and O–H groups in total. The first kappa shape index (κ1) is 15.9. The van der Waals surface area contributed by atoms with Crippen molar-refractivity contribution in [1.82, 2.24) is 0 Å². The standard InChI is InChI=1S/C12H18F4O4/c13-11(14,1-2-17-3-9-5-19-9)7-12(15,16)8-18-4-10-6-20-10/h9-10H,1-8H2. The molecule has 0 aromatic heterocycles. The highest BCUT2D eigenvalue weighted by Gasteiger charge is 2.43. The fourth-order valence-corrected chi connectivity index (χ4v) is 1.62. The Morgan fingerprint density at radius 2 is 1.45 bits per heavy atom. The Labute approximate surface area is 114 Å². The highest BCUT2D eigenvalue weighted by molar-refractivity contribution is 4.78. The van der Waals surface area contributed by atoms with Gasteiger partial charge in [-0.2, -0.15) is 0 Å². The summed E-state index contributed by atoms with van der Waals surface area (Å²) in [5.74, 6) is -7.04. The summed E-state index contributed by atoms with van der Waals surface area (Å²) >= 11 is 0. The predicted octanol–water partition coefficient (Wildman–Crippen LogP) is 1.87. The lowest BCUT2D eigenvalue weighted by Crippen LogP contribution is -2.34. The Morgan fingerprint density at radius 1 is 0.900 bits per heavy atom. The average molecular weight is 302 g/mol. The van der Waals surface area contributed by atoms with E-state index in [9.17, 15) is 17.6 Å². The summed E-state index contributed by atoms with van der Waals surface area (Å²) in [5.41, 5.74) is 0. The summed E-state index contributed by atoms with van der Waals surface area (Å²) in [6, 6.07) is 0. The quantitative estimate of drug-likeness (QED) is 0.332. The molecule has 2 aliphatic rings. The normalized spacial score (nSPS) is 25.8. The van der Waals surface area contributed by atoms with Crippen molar-refractivity contribution in [3.8, 4) is 0 Å². The lowest BCUT2D eigenvalue weighted by Gasteiger charge is -2.23. The maximum absolute atomic E-state index is 13.4. The van der Waals surface area contributed by atoms with Crippen LogP contribution in [0.5, 0.6) is 0 Å². The second kappa shape index (κ2) is 6.55. The highest BCUT2D eigenvalue weighted by Crippen LogP contribution is 2.33. The third-order valence-corrected chi connectivity index (χ3v) is 2.85. The van der Waals surface area contributed by atoms with Gasteiger partial charge < -0.3 is 18.9 Å². The highest BCUT2D eigenvalue weighted by atomic mass is 19.3. The number of rotatable bonds is 11. The summed E-state index contributed by atoms with van der Waals surface area (Å²) in [6.45, 7) is 0.0157. The number of epoxide rings is 2. The van der Waals surface area contributed by atoms with Crippen LogP contribution in [0.2, 0.25) is 0 Å². The molecule has 0 spiro atoms. The molecule has 2 heterocycles. The zero-order valence-electron chi connectivity index (χ0n) is 11.0. The van der Waals surface area contributed by atoms with Gasteiger partial charge in [-0.05, 0) is 0 Å². The van der Waals surface area contributed by atoms with Gasteiger partial charge in [0.1, 0.15) is 18.8 Å². The van der Waals surface area contributed by atoms with Crippen LogP contribution in [0.3, 0.4) is 0 Å². The van der Waals surface area contributed by atoms with Crippen LogP contribution < -0.4 is 0 Å². The van der Waals surface area contributed by atoms with Crippen LogP contribution in [0, 0.1) is 0 Å². The van der Waals surface area contributed by atoms with Crippen LogP contribution in [0.4, 0.5) is 17.6 Å². The van der Waals surface area contributed by atoms with Gasteiger partial charge in [-0.15, -0.1) is 0 Å². The maximum Gasteiger partial charge on any atom is 0.276 e. The lowest BCUT2D eigenvalue weighted by molar-refractivity contribution is -0.150. The van der Waals surface area contributed by atoms with E-state index in [1.54, 1.807) is 0 Å². The average Bonchev–Trinajstić information content (AvgIpc) is 3.17. The zero-order chi connectivity index (χ0) is 14.6. The molecule has 0 bridgehead atoms. The molecule has 2 rings (SSSR count). The summed E-state index contributed by atoms with van der Waals surface area (Å²) in [5, 5.41) is 0. The smallest absolute Gasteiger partial charge is 0.276 e. The van der Waals surface area contributed by atoms with Crippen molar-refractivity contribution in [2.45, 2.75) is 36.9 Å². The number of ether oxygens (including phenoxy) is 4. The molecule has 2 atom stereocenters. The van der Waals surface area contributed by atoms with E-state index in [0.29, 0.717) is 13.2 Å². The van der Waals surface area contributed by atoms with E-state index in [2.05, 4.69) is 4.74 Å². The SMILES string of the molecule is FC(F)(CCOCC1CO1)CC(F)(F)COCC1CO1. The molecule has 0 aromatic rings. The second-order valence-electron chi connectivity index (χ2n) is 5.14. The molecule has 20 heavy (non-hydrogen) atoms. The largest absolute Gasteiger partial charge is 0.378 e. The first-order valence-electron chi connectivity index (χ1n) is 6.51. The molecule has 0 aromatic carbocycles. The molecule has 2 saturated heterocycles. The van der Waals surface area contributed by atoms with Crippen LogP contribution in [-0.4, -0.2) is 63.7 Å². The van der Waals surface area contributed by atoms with Crippen LogP contribution >= 0.6 is 0 Å². The third-order valence-electron chi connectivity index (χ3n) is 2.85. The topological polar surface area (TPSA) is 43.5 Å². The summed E-state index contributed by atoms with van der Waals surface area (Å²) in [6.07, 6.45) is -2.46. The number of halogens is 4. The van der Waals surface area contributed by atoms with E-state index in [1.165, 1.54) is 0 Å². The van der Waals surface area contributed by atoms with Crippen molar-refractivity contribution < 1.29 is 36.5 Å². The molecule has 8 heteroatoms. The summed E-state index contributed by atoms with van der Waals surface area (Å²) in [7, 11) is 0. The van der Waals surface area contributed by atoms with Gasteiger partial charge in [-0.25, -0.2) is 17.6 Å². The fourth-order valence-electron chi connectivity index (χ4n) is 1.62. The molecule has 0 amide bonds. The minimum Gasteiger partial charge on any atom is -0.378 e. The number of hydrogen-bond acceptors (Lipinski definition) is 4. The van der Waals surface area contributed by atoms with Gasteiger partial charge in [0.2, 0.25) is 0 Å². The Balaban J connectivity index is 1.58. The van der Waals surface area contributed by atoms with Gasteiger partial charge in [0, 0.05) is 6.42 Å². The van der Waals surface area contributed by atoms with E-state index in [4.69, 9.17) is 14.2 Å². The van der Waals surface area contributed by atoms with Crippen molar-refractivity contribution in [3.63, 3.8) is 0 Å². The van der Waals surface area contributed by atoms with Crippen molar-refractivity contribution in [1.29, 1.82) is 0 Å². The molecular formula is C12H18F4O4. The minimum atomic E-state index is -3.56. The van der Waals surface area contributed by atoms with Crippen molar-refractivity contribution in [2.75, 3.05) is 39.6 Å². The Bertz CT molecular complexity index is 306. The van der Waals surface area contributed by atoms with E-state index in [0.717, 1.165) is 0 Å². The molecule has 0 saturated carbocycles. The van der Waals surface area contributed by atoms with E-state index < -0.39 is 31.3 Å². The lowest BCUT2D eigenvalue weighted by atomic mass is 10.1. The van der Waals surface area contributed by atoms with Gasteiger partial charge in [0.05, 0.1) is 39.5 Å². The van der Waals surface area contributed by atoms with Crippen molar-refractivity contribution in [2.24, 2.45) is 0 Å². The predicted molar refractivity (Wildman–Crippen MR) is 60.2 cm³/mol. The maximum atomic E-state index is 13.4. The van der Waals surface area contributed by atoms with Gasteiger partial charge in [-0.1, -0.05) is 0 Å². The van der Waals surface area contributed by atoms with Crippen molar-refractivity contribution in [3.05, 3.63) is 0 Å². The third kappa shape index (κ3) is 6.83. The van der Waals surface area contributed by atoms with Crippen LogP contribution in [0.1, 0.15) is 12.8 Å². The van der Waals surface area contributed by atoms with Crippen LogP contribution in [0.25, 0.3) is 0 Å². The Morgan fingerprint density at radius 3 is 2.00 bits per heavy atom. The zero-order valence-corrected chi connectivity index (χ0v) is 11.0. The van der Waals surface area contributed by atoms with Gasteiger partial charge in [-0.3, -0.25) is 0 Å². The minimum absolute atomic E-state index is 0.0195. The van der Waals surface area contributed by atoms with E-state index >= 15 is 0 Å². The van der Waals surface area contributed by atoms with Gasteiger partial charge in [0.15, 0.2) is 0 Å². The first-order valence-corrected chi connectivity index (χ1v) is 6.51. The Hall–Kier alpha value is -0.440. The molecule has 0 aliphatic carbocycles. The molecule has 2 fully saturated rings. The van der Waals surface area contributed by atoms with E-state index in [1.807, 2.05) is 0 Å². The van der Waals surface area contributed by atoms with E-state index in [-0.39, 0.29) is 32.0 Å². The summed E-state index contributed by atoms with van der Waals surface area (Å²) in [4.78, 5) is 0. The van der Waals surface area contributed by atoms with Crippen molar-refractivity contribution >= 4 is 0 Å². The number of hydrogen-bond donors (Lipinski definition) is 0. The van der Waals surface area contributed by atoms with Crippen LogP contribution in [0.15, 0.2) is 0 Å².